The summed E-state index contributed by atoms with van der Waals surface area (Å²) in [6.07, 6.45) is 6.62. The van der Waals surface area contributed by atoms with Crippen LogP contribution in [0, 0.1) is 5.92 Å². The second-order valence-corrected chi connectivity index (χ2v) is 7.27. The lowest BCUT2D eigenvalue weighted by atomic mass is 10.0. The van der Waals surface area contributed by atoms with Crippen LogP contribution in [0.25, 0.3) is 16.2 Å². The highest BCUT2D eigenvalue weighted by molar-refractivity contribution is 7.13. The molecule has 0 radical (unpaired) electrons. The van der Waals surface area contributed by atoms with Crippen LogP contribution in [0.2, 0.25) is 0 Å². The zero-order valence-electron chi connectivity index (χ0n) is 13.7. The molecule has 1 amide bonds. The van der Waals surface area contributed by atoms with Gasteiger partial charge in [-0.1, -0.05) is 19.4 Å². The first kappa shape index (κ1) is 15.3. The molecule has 0 N–H and O–H groups in total. The third kappa shape index (κ3) is 2.71. The number of fused-ring (bicyclic) bond motifs is 1. The fourth-order valence-electron chi connectivity index (χ4n) is 3.49. The van der Waals surface area contributed by atoms with Gasteiger partial charge < -0.3 is 4.90 Å². The zero-order valence-corrected chi connectivity index (χ0v) is 14.5. The molecule has 1 saturated heterocycles. The molecule has 3 aromatic rings. The monoisotopic (exact) mass is 340 g/mol. The number of carbonyl (C=O) groups excluding carboxylic acids is 1. The van der Waals surface area contributed by atoms with Gasteiger partial charge in [-0.15, -0.1) is 11.3 Å². The molecule has 0 bridgehead atoms. The first-order valence-corrected chi connectivity index (χ1v) is 9.28. The van der Waals surface area contributed by atoms with E-state index in [1.807, 2.05) is 27.7 Å². The minimum atomic E-state index is 0.251. The largest absolute Gasteiger partial charge is 0.338 e. The number of hydrogen-bond donors (Lipinski definition) is 0. The first-order valence-electron chi connectivity index (χ1n) is 8.40. The molecule has 3 aromatic heterocycles. The normalized spacial score (nSPS) is 18.0. The fourth-order valence-corrected chi connectivity index (χ4v) is 4.23. The third-order valence-corrected chi connectivity index (χ3v) is 5.46. The molecule has 1 unspecified atom stereocenters. The van der Waals surface area contributed by atoms with Crippen molar-refractivity contribution in [3.05, 3.63) is 41.5 Å². The van der Waals surface area contributed by atoms with Crippen LogP contribution in [-0.4, -0.2) is 31.9 Å². The van der Waals surface area contributed by atoms with Crippen molar-refractivity contribution >= 4 is 22.9 Å². The molecular formula is C18H20N4OS. The van der Waals surface area contributed by atoms with Gasteiger partial charge in [-0.25, -0.2) is 9.50 Å². The molecule has 6 heteroatoms. The van der Waals surface area contributed by atoms with E-state index in [1.165, 1.54) is 0 Å². The number of carbonyl (C=O) groups is 1. The second-order valence-electron chi connectivity index (χ2n) is 6.33. The van der Waals surface area contributed by atoms with Crippen molar-refractivity contribution in [3.63, 3.8) is 0 Å². The van der Waals surface area contributed by atoms with E-state index in [9.17, 15) is 4.79 Å². The van der Waals surface area contributed by atoms with E-state index >= 15 is 0 Å². The average molecular weight is 340 g/mol. The molecule has 5 nitrogen and oxygen atoms in total. The third-order valence-electron chi connectivity index (χ3n) is 4.59. The first-order chi connectivity index (χ1) is 11.8. The number of hydrogen-bond acceptors (Lipinski definition) is 4. The van der Waals surface area contributed by atoms with Crippen molar-refractivity contribution in [1.29, 1.82) is 0 Å². The topological polar surface area (TPSA) is 50.5 Å². The maximum absolute atomic E-state index is 12.4. The van der Waals surface area contributed by atoms with Crippen LogP contribution in [0.1, 0.15) is 31.7 Å². The Morgan fingerprint density at radius 3 is 3.08 bits per heavy atom. The molecule has 0 aliphatic carbocycles. The van der Waals surface area contributed by atoms with Crippen molar-refractivity contribution in [2.45, 2.75) is 32.7 Å². The molecule has 1 atom stereocenters. The predicted octanol–water partition coefficient (Wildman–Crippen LogP) is 3.61. The molecule has 24 heavy (non-hydrogen) atoms. The van der Waals surface area contributed by atoms with Crippen molar-refractivity contribution in [2.75, 3.05) is 6.54 Å². The maximum Gasteiger partial charge on any atom is 0.223 e. The summed E-state index contributed by atoms with van der Waals surface area (Å²) in [5, 5.41) is 6.75. The highest BCUT2D eigenvalue weighted by Gasteiger charge is 2.30. The van der Waals surface area contributed by atoms with Crippen LogP contribution in [-0.2, 0) is 11.3 Å². The number of amides is 1. The summed E-state index contributed by atoms with van der Waals surface area (Å²) in [6, 6.07) is 5.97. The van der Waals surface area contributed by atoms with Crippen molar-refractivity contribution in [3.8, 4) is 10.6 Å². The number of rotatable bonds is 5. The molecule has 0 spiro atoms. The van der Waals surface area contributed by atoms with E-state index in [4.69, 9.17) is 5.10 Å². The SMILES string of the molecule is CCCC1CC(=O)N(Cc2c(-c3cccs3)nn3cccnc23)C1. The summed E-state index contributed by atoms with van der Waals surface area (Å²) in [7, 11) is 0. The molecule has 4 heterocycles. The van der Waals surface area contributed by atoms with Gasteiger partial charge in [0.15, 0.2) is 5.65 Å². The predicted molar refractivity (Wildman–Crippen MR) is 94.7 cm³/mol. The van der Waals surface area contributed by atoms with Crippen molar-refractivity contribution < 1.29 is 4.79 Å². The van der Waals surface area contributed by atoms with Crippen molar-refractivity contribution in [2.24, 2.45) is 5.92 Å². The maximum atomic E-state index is 12.4. The van der Waals surface area contributed by atoms with E-state index in [0.717, 1.165) is 41.2 Å². The van der Waals surface area contributed by atoms with Gasteiger partial charge >= 0.3 is 0 Å². The van der Waals surface area contributed by atoms with Gasteiger partial charge in [0.25, 0.3) is 0 Å². The Labute approximate surface area is 144 Å². The van der Waals surface area contributed by atoms with Crippen LogP contribution < -0.4 is 0 Å². The Balaban J connectivity index is 1.71. The Hall–Kier alpha value is -2.21. The number of aromatic nitrogens is 3. The van der Waals surface area contributed by atoms with Crippen LogP contribution >= 0.6 is 11.3 Å². The summed E-state index contributed by atoms with van der Waals surface area (Å²) in [5.74, 6) is 0.739. The highest BCUT2D eigenvalue weighted by atomic mass is 32.1. The molecule has 1 aliphatic rings. The molecule has 0 saturated carbocycles. The molecular weight excluding hydrogens is 320 g/mol. The average Bonchev–Trinajstić information content (AvgIpc) is 3.28. The molecule has 124 valence electrons. The van der Waals surface area contributed by atoms with E-state index in [0.29, 0.717) is 18.9 Å². The van der Waals surface area contributed by atoms with Gasteiger partial charge in [0.05, 0.1) is 11.4 Å². The van der Waals surface area contributed by atoms with Gasteiger partial charge in [0.1, 0.15) is 5.69 Å². The number of likely N-dealkylation sites (tertiary alicyclic amines) is 1. The van der Waals surface area contributed by atoms with Crippen LogP contribution in [0.3, 0.4) is 0 Å². The lowest BCUT2D eigenvalue weighted by molar-refractivity contribution is -0.128. The smallest absolute Gasteiger partial charge is 0.223 e. The highest BCUT2D eigenvalue weighted by Crippen LogP contribution is 2.32. The lowest BCUT2D eigenvalue weighted by Gasteiger charge is -2.16. The molecule has 4 rings (SSSR count). The second kappa shape index (κ2) is 6.36. The van der Waals surface area contributed by atoms with Crippen LogP contribution in [0.4, 0.5) is 0 Å². The van der Waals surface area contributed by atoms with Gasteiger partial charge in [-0.2, -0.15) is 5.10 Å². The van der Waals surface area contributed by atoms with Crippen LogP contribution in [0.15, 0.2) is 36.0 Å². The Bertz CT molecular complexity index is 855. The summed E-state index contributed by atoms with van der Waals surface area (Å²) in [5.41, 5.74) is 2.83. The van der Waals surface area contributed by atoms with Gasteiger partial charge in [-0.05, 0) is 29.9 Å². The summed E-state index contributed by atoms with van der Waals surface area (Å²) in [6.45, 7) is 3.62. The molecule has 1 aliphatic heterocycles. The zero-order chi connectivity index (χ0) is 16.5. The van der Waals surface area contributed by atoms with E-state index in [1.54, 1.807) is 17.5 Å². The van der Waals surface area contributed by atoms with Crippen LogP contribution in [0.5, 0.6) is 0 Å². The standard InChI is InChI=1S/C18H20N4OS/c1-2-5-13-10-16(23)21(11-13)12-14-17(15-6-3-9-24-15)20-22-8-4-7-19-18(14)22/h3-4,6-9,13H,2,5,10-12H2,1H3. The Morgan fingerprint density at radius 1 is 1.38 bits per heavy atom. The Kier molecular flexibility index (Phi) is 4.06. The van der Waals surface area contributed by atoms with Gasteiger partial charge in [0, 0.05) is 30.9 Å². The molecule has 1 fully saturated rings. The van der Waals surface area contributed by atoms with Gasteiger partial charge in [-0.3, -0.25) is 4.79 Å². The number of nitrogens with zero attached hydrogens (tertiary/aromatic N) is 4. The van der Waals surface area contributed by atoms with E-state index in [-0.39, 0.29) is 5.91 Å². The summed E-state index contributed by atoms with van der Waals surface area (Å²) < 4.78 is 1.81. The number of thiophene rings is 1. The molecule has 0 aromatic carbocycles. The van der Waals surface area contributed by atoms with Crippen molar-refractivity contribution in [1.82, 2.24) is 19.5 Å². The Morgan fingerprint density at radius 2 is 2.29 bits per heavy atom. The quantitative estimate of drug-likeness (QED) is 0.713. The summed E-state index contributed by atoms with van der Waals surface area (Å²) >= 11 is 1.67. The minimum Gasteiger partial charge on any atom is -0.338 e. The van der Waals surface area contributed by atoms with Gasteiger partial charge in [0.2, 0.25) is 5.91 Å². The fraction of sp³-hybridized carbons (Fsp3) is 0.389. The van der Waals surface area contributed by atoms with E-state index in [2.05, 4.69) is 23.4 Å². The minimum absolute atomic E-state index is 0.251. The summed E-state index contributed by atoms with van der Waals surface area (Å²) in [4.78, 5) is 20.0. The lowest BCUT2D eigenvalue weighted by Crippen LogP contribution is -2.24. The van der Waals surface area contributed by atoms with E-state index < -0.39 is 0 Å².